The van der Waals surface area contributed by atoms with Gasteiger partial charge in [-0.05, 0) is 71.0 Å². The van der Waals surface area contributed by atoms with Gasteiger partial charge in [-0.25, -0.2) is 9.97 Å². The van der Waals surface area contributed by atoms with Gasteiger partial charge >= 0.3 is 0 Å². The lowest BCUT2D eigenvalue weighted by Crippen LogP contribution is -2.01. The minimum atomic E-state index is 0.862. The predicted molar refractivity (Wildman–Crippen MR) is 234 cm³/mol. The molecule has 0 spiro atoms. The highest BCUT2D eigenvalue weighted by Crippen LogP contribution is 2.40. The zero-order valence-electron chi connectivity index (χ0n) is 30.3. The lowest BCUT2D eigenvalue weighted by Gasteiger charge is -2.14. The number of nitrogens with zero attached hydrogens (tertiary/aromatic N) is 3. The molecule has 260 valence electrons. The van der Waals surface area contributed by atoms with Crippen LogP contribution < -0.4 is 0 Å². The van der Waals surface area contributed by atoms with E-state index >= 15 is 0 Å². The van der Waals surface area contributed by atoms with Gasteiger partial charge in [0.15, 0.2) is 0 Å². The van der Waals surface area contributed by atoms with Crippen LogP contribution in [0.2, 0.25) is 0 Å². The standard InChI is InChI=1S/C42H27N3.C7H8.CH4S/c1-4-12-28(13-5-1)32-20-22-34-39(26-32)45(38-25-21-30-16-10-11-19-33(30)41(34)38)40-27-35(29-14-6-2-7-15-29)42-37(43-40)24-23-36(44-42)31-17-8-3-9-18-31;1-7-5-3-2-4-6-7;1-2/h1-27H;2-6H,1H3;2H,1H3. The van der Waals surface area contributed by atoms with E-state index in [1.54, 1.807) is 6.26 Å². The summed E-state index contributed by atoms with van der Waals surface area (Å²) in [6, 6.07) is 68.1. The summed E-state index contributed by atoms with van der Waals surface area (Å²) in [6.07, 6.45) is 1.69. The lowest BCUT2D eigenvalue weighted by atomic mass is 10.0. The minimum Gasteiger partial charge on any atom is -0.294 e. The summed E-state index contributed by atoms with van der Waals surface area (Å²) in [5.74, 6) is 0.871. The van der Waals surface area contributed by atoms with Crippen molar-refractivity contribution in [2.24, 2.45) is 0 Å². The van der Waals surface area contributed by atoms with Crippen molar-refractivity contribution in [3.8, 4) is 39.3 Å². The van der Waals surface area contributed by atoms with E-state index < -0.39 is 0 Å². The zero-order valence-corrected chi connectivity index (χ0v) is 31.2. The molecule has 0 aliphatic rings. The minimum absolute atomic E-state index is 0.862. The molecule has 10 aromatic rings. The molecule has 0 atom stereocenters. The highest BCUT2D eigenvalue weighted by Gasteiger charge is 2.19. The van der Waals surface area contributed by atoms with Gasteiger partial charge in [0.25, 0.3) is 0 Å². The van der Waals surface area contributed by atoms with E-state index in [4.69, 9.17) is 9.97 Å². The normalized spacial score (nSPS) is 10.9. The van der Waals surface area contributed by atoms with Crippen LogP contribution in [-0.4, -0.2) is 20.8 Å². The van der Waals surface area contributed by atoms with Gasteiger partial charge in [0.2, 0.25) is 0 Å². The summed E-state index contributed by atoms with van der Waals surface area (Å²) in [5, 5.41) is 4.92. The van der Waals surface area contributed by atoms with Gasteiger partial charge < -0.3 is 0 Å². The summed E-state index contributed by atoms with van der Waals surface area (Å²) in [4.78, 5) is 10.5. The molecule has 54 heavy (non-hydrogen) atoms. The fraction of sp³-hybridized carbons (Fsp3) is 0.0400. The largest absolute Gasteiger partial charge is 0.294 e. The van der Waals surface area contributed by atoms with Crippen LogP contribution in [0.4, 0.5) is 0 Å². The number of fused-ring (bicyclic) bond motifs is 6. The third-order valence-corrected chi connectivity index (χ3v) is 9.72. The quantitative estimate of drug-likeness (QED) is 0.184. The van der Waals surface area contributed by atoms with Crippen molar-refractivity contribution < 1.29 is 0 Å². The third kappa shape index (κ3) is 6.76. The molecule has 0 aliphatic carbocycles. The van der Waals surface area contributed by atoms with Crippen LogP contribution in [0, 0.1) is 6.92 Å². The number of aryl methyl sites for hydroxylation is 1. The van der Waals surface area contributed by atoms with Gasteiger partial charge in [-0.1, -0.05) is 169 Å². The molecule has 3 heterocycles. The summed E-state index contributed by atoms with van der Waals surface area (Å²) in [7, 11) is 0. The molecular formula is C50H39N3S. The second-order valence-electron chi connectivity index (χ2n) is 13.1. The van der Waals surface area contributed by atoms with Gasteiger partial charge in [-0.2, -0.15) is 12.6 Å². The Hall–Kier alpha value is -6.49. The lowest BCUT2D eigenvalue weighted by molar-refractivity contribution is 1.10. The molecule has 0 radical (unpaired) electrons. The molecule has 0 amide bonds. The number of thiol groups is 1. The Morgan fingerprint density at radius 1 is 0.444 bits per heavy atom. The Balaban J connectivity index is 0.000000411. The number of hydrogen-bond acceptors (Lipinski definition) is 3. The van der Waals surface area contributed by atoms with Crippen LogP contribution in [0.3, 0.4) is 0 Å². The van der Waals surface area contributed by atoms with Crippen molar-refractivity contribution in [3.63, 3.8) is 0 Å². The van der Waals surface area contributed by atoms with Gasteiger partial charge in [0.05, 0.1) is 27.8 Å². The molecular weight excluding hydrogens is 675 g/mol. The second kappa shape index (κ2) is 15.6. The Bertz CT molecular complexity index is 2830. The van der Waals surface area contributed by atoms with E-state index in [1.165, 1.54) is 38.2 Å². The van der Waals surface area contributed by atoms with Crippen molar-refractivity contribution in [1.29, 1.82) is 0 Å². The molecule has 0 N–H and O–H groups in total. The van der Waals surface area contributed by atoms with Gasteiger partial charge in [0, 0.05) is 21.9 Å². The highest BCUT2D eigenvalue weighted by molar-refractivity contribution is 7.79. The molecule has 0 aliphatic heterocycles. The first-order valence-corrected chi connectivity index (χ1v) is 19.0. The van der Waals surface area contributed by atoms with Crippen LogP contribution in [0.15, 0.2) is 194 Å². The van der Waals surface area contributed by atoms with Crippen molar-refractivity contribution >= 4 is 56.2 Å². The van der Waals surface area contributed by atoms with E-state index in [0.717, 1.165) is 50.3 Å². The summed E-state index contributed by atoms with van der Waals surface area (Å²) >= 11 is 3.53. The molecule has 10 rings (SSSR count). The summed E-state index contributed by atoms with van der Waals surface area (Å²) < 4.78 is 2.33. The molecule has 7 aromatic carbocycles. The molecule has 3 aromatic heterocycles. The fourth-order valence-corrected chi connectivity index (χ4v) is 7.19. The predicted octanol–water partition coefficient (Wildman–Crippen LogP) is 13.4. The van der Waals surface area contributed by atoms with Crippen molar-refractivity contribution in [2.75, 3.05) is 6.26 Å². The van der Waals surface area contributed by atoms with E-state index in [0.29, 0.717) is 0 Å². The molecule has 0 fully saturated rings. The molecule has 3 nitrogen and oxygen atoms in total. The van der Waals surface area contributed by atoms with E-state index in [9.17, 15) is 0 Å². The number of hydrogen-bond donors (Lipinski definition) is 1. The van der Waals surface area contributed by atoms with Crippen LogP contribution >= 0.6 is 12.6 Å². The molecule has 0 saturated heterocycles. The van der Waals surface area contributed by atoms with Crippen LogP contribution in [0.5, 0.6) is 0 Å². The first-order chi connectivity index (χ1) is 26.7. The van der Waals surface area contributed by atoms with Crippen LogP contribution in [-0.2, 0) is 0 Å². The van der Waals surface area contributed by atoms with Crippen LogP contribution in [0.1, 0.15) is 5.56 Å². The zero-order chi connectivity index (χ0) is 36.9. The smallest absolute Gasteiger partial charge is 0.139 e. The Morgan fingerprint density at radius 3 is 1.72 bits per heavy atom. The maximum atomic E-state index is 5.32. The maximum Gasteiger partial charge on any atom is 0.139 e. The molecule has 0 bridgehead atoms. The molecule has 0 saturated carbocycles. The Morgan fingerprint density at radius 2 is 1.06 bits per heavy atom. The van der Waals surface area contributed by atoms with Gasteiger partial charge in [-0.15, -0.1) is 0 Å². The summed E-state index contributed by atoms with van der Waals surface area (Å²) in [6.45, 7) is 2.08. The number of rotatable bonds is 4. The summed E-state index contributed by atoms with van der Waals surface area (Å²) in [5.41, 5.74) is 11.9. The second-order valence-corrected chi connectivity index (χ2v) is 13.1. The third-order valence-electron chi connectivity index (χ3n) is 9.72. The number of aromatic nitrogens is 3. The topological polar surface area (TPSA) is 30.7 Å². The highest BCUT2D eigenvalue weighted by atomic mass is 32.1. The van der Waals surface area contributed by atoms with E-state index in [1.807, 2.05) is 24.3 Å². The average molecular weight is 714 g/mol. The Kier molecular flexibility index (Phi) is 10.0. The van der Waals surface area contributed by atoms with Crippen molar-refractivity contribution in [1.82, 2.24) is 14.5 Å². The van der Waals surface area contributed by atoms with E-state index in [-0.39, 0.29) is 0 Å². The van der Waals surface area contributed by atoms with Crippen LogP contribution in [0.25, 0.3) is 82.9 Å². The Labute approximate surface area is 321 Å². The number of pyridine rings is 2. The first-order valence-electron chi connectivity index (χ1n) is 18.1. The maximum absolute atomic E-state index is 5.32. The SMILES string of the molecule is CS.Cc1ccccc1.c1ccc(-c2ccc3c4c5ccccc5ccc4n(-c4cc(-c5ccccc5)c5nc(-c6ccccc6)ccc5n4)c3c2)cc1. The van der Waals surface area contributed by atoms with Gasteiger partial charge in [-0.3, -0.25) is 4.57 Å². The first kappa shape index (κ1) is 34.6. The van der Waals surface area contributed by atoms with Crippen molar-refractivity contribution in [2.45, 2.75) is 6.92 Å². The fourth-order valence-electron chi connectivity index (χ4n) is 7.19. The van der Waals surface area contributed by atoms with Gasteiger partial charge in [0.1, 0.15) is 5.82 Å². The number of benzene rings is 7. The monoisotopic (exact) mass is 713 g/mol. The average Bonchev–Trinajstić information content (AvgIpc) is 3.59. The van der Waals surface area contributed by atoms with Crippen molar-refractivity contribution in [3.05, 3.63) is 200 Å². The van der Waals surface area contributed by atoms with E-state index in [2.05, 4.69) is 194 Å². The molecule has 0 unspecified atom stereocenters. The molecule has 4 heteroatoms.